The molecule has 4 rings (SSSR count). The Morgan fingerprint density at radius 1 is 1.15 bits per heavy atom. The highest BCUT2D eigenvalue weighted by atomic mass is 32.1. The third-order valence-electron chi connectivity index (χ3n) is 5.34. The molecule has 1 aromatic carbocycles. The average molecular weight is 471 g/mol. The summed E-state index contributed by atoms with van der Waals surface area (Å²) in [5, 5.41) is 3.15. The van der Waals surface area contributed by atoms with Gasteiger partial charge in [0.1, 0.15) is 10.9 Å². The molecule has 3 heterocycles. The van der Waals surface area contributed by atoms with Gasteiger partial charge in [-0.1, -0.05) is 6.07 Å². The Kier molecular flexibility index (Phi) is 6.19. The predicted molar refractivity (Wildman–Crippen MR) is 118 cm³/mol. The van der Waals surface area contributed by atoms with E-state index in [1.54, 1.807) is 18.3 Å². The normalized spacial score (nSPS) is 15.4. The van der Waals surface area contributed by atoms with E-state index in [0.717, 1.165) is 29.0 Å². The molecule has 0 saturated carbocycles. The number of carbonyl (C=O) groups is 3. The Balaban J connectivity index is 1.52. The SMILES string of the molecule is COc1cc(CNC(=O)c2cc3c(s2)N(C)C(=O)C(Cc2ccc(F)c(F)c2)C3=O)ccn1. The van der Waals surface area contributed by atoms with Crippen molar-refractivity contribution >= 4 is 33.9 Å². The van der Waals surface area contributed by atoms with Crippen LogP contribution >= 0.6 is 11.3 Å². The largest absolute Gasteiger partial charge is 0.481 e. The van der Waals surface area contributed by atoms with Crippen LogP contribution in [-0.4, -0.2) is 36.7 Å². The fourth-order valence-corrected chi connectivity index (χ4v) is 4.62. The Hall–Kier alpha value is -3.66. The second-order valence-corrected chi connectivity index (χ2v) is 8.52. The van der Waals surface area contributed by atoms with E-state index in [0.29, 0.717) is 16.4 Å². The highest BCUT2D eigenvalue weighted by Gasteiger charge is 2.40. The topological polar surface area (TPSA) is 88.6 Å². The number of pyridine rings is 1. The summed E-state index contributed by atoms with van der Waals surface area (Å²) in [5.41, 5.74) is 1.37. The molecular weight excluding hydrogens is 452 g/mol. The van der Waals surface area contributed by atoms with Crippen LogP contribution in [0.5, 0.6) is 5.88 Å². The van der Waals surface area contributed by atoms with Crippen molar-refractivity contribution in [2.75, 3.05) is 19.1 Å². The number of anilines is 1. The first-order chi connectivity index (χ1) is 15.8. The summed E-state index contributed by atoms with van der Waals surface area (Å²) in [4.78, 5) is 44.2. The molecule has 3 aromatic rings. The molecule has 2 aromatic heterocycles. The fraction of sp³-hybridized carbons (Fsp3) is 0.217. The molecule has 1 unspecified atom stereocenters. The summed E-state index contributed by atoms with van der Waals surface area (Å²) in [6, 6.07) is 8.18. The van der Waals surface area contributed by atoms with Gasteiger partial charge in [-0.15, -0.1) is 11.3 Å². The van der Waals surface area contributed by atoms with Gasteiger partial charge >= 0.3 is 0 Å². The van der Waals surface area contributed by atoms with Crippen LogP contribution in [0.1, 0.15) is 31.2 Å². The number of fused-ring (bicyclic) bond motifs is 1. The minimum atomic E-state index is -1.08. The second-order valence-electron chi connectivity index (χ2n) is 7.49. The second kappa shape index (κ2) is 9.07. The Labute approximate surface area is 192 Å². The molecule has 1 aliphatic rings. The maximum absolute atomic E-state index is 13.6. The van der Waals surface area contributed by atoms with E-state index < -0.39 is 35.1 Å². The first-order valence-corrected chi connectivity index (χ1v) is 10.8. The minimum absolute atomic E-state index is 0.0695. The van der Waals surface area contributed by atoms with Crippen LogP contribution in [0, 0.1) is 17.6 Å². The molecule has 1 aliphatic heterocycles. The van der Waals surface area contributed by atoms with E-state index in [1.165, 1.54) is 31.2 Å². The van der Waals surface area contributed by atoms with Gasteiger partial charge in [-0.2, -0.15) is 0 Å². The summed E-state index contributed by atoms with van der Waals surface area (Å²) in [5.74, 6) is -4.01. The molecule has 10 heteroatoms. The van der Waals surface area contributed by atoms with Crippen molar-refractivity contribution in [3.05, 3.63) is 75.8 Å². The molecule has 0 spiro atoms. The van der Waals surface area contributed by atoms with Gasteiger partial charge in [0.25, 0.3) is 5.91 Å². The molecule has 170 valence electrons. The first-order valence-electron chi connectivity index (χ1n) is 9.95. The molecule has 7 nitrogen and oxygen atoms in total. The van der Waals surface area contributed by atoms with Crippen molar-refractivity contribution in [1.82, 2.24) is 10.3 Å². The number of ketones is 1. The zero-order valence-electron chi connectivity index (χ0n) is 17.7. The average Bonchev–Trinajstić information content (AvgIpc) is 3.27. The van der Waals surface area contributed by atoms with Crippen LogP contribution in [0.25, 0.3) is 0 Å². The number of aromatic nitrogens is 1. The van der Waals surface area contributed by atoms with Gasteiger partial charge in [0.15, 0.2) is 17.4 Å². The summed E-state index contributed by atoms with van der Waals surface area (Å²) in [6.07, 6.45) is 1.50. The van der Waals surface area contributed by atoms with Gasteiger partial charge in [0, 0.05) is 25.9 Å². The van der Waals surface area contributed by atoms with Gasteiger partial charge < -0.3 is 15.0 Å². The van der Waals surface area contributed by atoms with Gasteiger partial charge in [0.05, 0.1) is 17.6 Å². The van der Waals surface area contributed by atoms with Crippen LogP contribution in [0.15, 0.2) is 42.6 Å². The van der Waals surface area contributed by atoms with Crippen LogP contribution in [0.4, 0.5) is 13.8 Å². The molecule has 0 bridgehead atoms. The maximum Gasteiger partial charge on any atom is 0.261 e. The maximum atomic E-state index is 13.6. The van der Waals surface area contributed by atoms with E-state index in [-0.39, 0.29) is 23.4 Å². The predicted octanol–water partition coefficient (Wildman–Crippen LogP) is 3.38. The lowest BCUT2D eigenvalue weighted by molar-refractivity contribution is -0.120. The van der Waals surface area contributed by atoms with Crippen molar-refractivity contribution in [2.45, 2.75) is 13.0 Å². The highest BCUT2D eigenvalue weighted by molar-refractivity contribution is 7.18. The van der Waals surface area contributed by atoms with Gasteiger partial charge in [-0.3, -0.25) is 14.4 Å². The molecule has 0 fully saturated rings. The Bertz CT molecular complexity index is 1260. The minimum Gasteiger partial charge on any atom is -0.481 e. The van der Waals surface area contributed by atoms with Gasteiger partial charge in [0.2, 0.25) is 11.8 Å². The number of nitrogens with zero attached hydrogens (tertiary/aromatic N) is 2. The quantitative estimate of drug-likeness (QED) is 0.557. The Morgan fingerprint density at radius 2 is 1.94 bits per heavy atom. The molecule has 1 N–H and O–H groups in total. The summed E-state index contributed by atoms with van der Waals surface area (Å²) < 4.78 is 31.8. The number of rotatable bonds is 6. The van der Waals surface area contributed by atoms with E-state index >= 15 is 0 Å². The number of hydrogen-bond acceptors (Lipinski definition) is 6. The number of nitrogens with one attached hydrogen (secondary N) is 1. The van der Waals surface area contributed by atoms with Crippen LogP contribution in [0.3, 0.4) is 0 Å². The summed E-state index contributed by atoms with van der Waals surface area (Å²) >= 11 is 1.04. The zero-order chi connectivity index (χ0) is 23.7. The number of carbonyl (C=O) groups excluding carboxylic acids is 3. The monoisotopic (exact) mass is 471 g/mol. The summed E-state index contributed by atoms with van der Waals surface area (Å²) in [7, 11) is 3.02. The number of benzene rings is 1. The Morgan fingerprint density at radius 3 is 2.67 bits per heavy atom. The van der Waals surface area contributed by atoms with Crippen LogP contribution in [0.2, 0.25) is 0 Å². The van der Waals surface area contributed by atoms with Crippen molar-refractivity contribution in [3.63, 3.8) is 0 Å². The van der Waals surface area contributed by atoms with Crippen LogP contribution < -0.4 is 15.0 Å². The molecule has 0 aliphatic carbocycles. The molecular formula is C23H19F2N3O4S. The van der Waals surface area contributed by atoms with Crippen LogP contribution in [-0.2, 0) is 17.8 Å². The van der Waals surface area contributed by atoms with E-state index in [9.17, 15) is 23.2 Å². The molecule has 1 atom stereocenters. The van der Waals surface area contributed by atoms with E-state index in [1.807, 2.05) is 0 Å². The molecule has 0 saturated heterocycles. The number of halogens is 2. The molecule has 33 heavy (non-hydrogen) atoms. The highest BCUT2D eigenvalue weighted by Crippen LogP contribution is 2.38. The summed E-state index contributed by atoms with van der Waals surface area (Å²) in [6.45, 7) is 0.224. The van der Waals surface area contributed by atoms with Crippen molar-refractivity contribution in [1.29, 1.82) is 0 Å². The van der Waals surface area contributed by atoms with E-state index in [4.69, 9.17) is 4.74 Å². The number of amides is 2. The lowest BCUT2D eigenvalue weighted by Gasteiger charge is -2.28. The number of hydrogen-bond donors (Lipinski definition) is 1. The number of Topliss-reactive ketones (excluding diaryl/α,β-unsaturated/α-hetero) is 1. The van der Waals surface area contributed by atoms with E-state index in [2.05, 4.69) is 10.3 Å². The third-order valence-corrected chi connectivity index (χ3v) is 6.55. The lowest BCUT2D eigenvalue weighted by atomic mass is 9.88. The molecule has 2 amide bonds. The number of ether oxygens (including phenoxy) is 1. The van der Waals surface area contributed by atoms with Crippen molar-refractivity contribution in [3.8, 4) is 5.88 Å². The lowest BCUT2D eigenvalue weighted by Crippen LogP contribution is -2.42. The fourth-order valence-electron chi connectivity index (χ4n) is 3.58. The number of methoxy groups -OCH3 is 1. The van der Waals surface area contributed by atoms with Crippen molar-refractivity contribution < 1.29 is 27.9 Å². The van der Waals surface area contributed by atoms with Gasteiger partial charge in [-0.25, -0.2) is 13.8 Å². The first kappa shape index (κ1) is 22.5. The zero-order valence-corrected chi connectivity index (χ0v) is 18.5. The standard InChI is InChI=1S/C23H19F2N3O4S/c1-28-22(31)14(7-12-3-4-16(24)17(25)8-12)20(29)15-10-18(33-23(15)28)21(30)27-11-13-5-6-26-19(9-13)32-2/h3-6,8-10,14H,7,11H2,1-2H3,(H,27,30). The van der Waals surface area contributed by atoms with Gasteiger partial charge in [-0.05, 0) is 41.8 Å². The third kappa shape index (κ3) is 4.47. The number of thiophene rings is 1. The molecule has 0 radical (unpaired) electrons. The van der Waals surface area contributed by atoms with Crippen molar-refractivity contribution in [2.24, 2.45) is 5.92 Å². The smallest absolute Gasteiger partial charge is 0.261 e.